The van der Waals surface area contributed by atoms with E-state index >= 15 is 0 Å². The molecule has 1 amide bonds. The van der Waals surface area contributed by atoms with Gasteiger partial charge >= 0.3 is 0 Å². The first-order valence-corrected chi connectivity index (χ1v) is 7.02. The molecule has 0 aliphatic heterocycles. The Balaban J connectivity index is 2.45. The predicted molar refractivity (Wildman–Crippen MR) is 79.6 cm³/mol. The van der Waals surface area contributed by atoms with Crippen molar-refractivity contribution < 1.29 is 9.18 Å². The van der Waals surface area contributed by atoms with E-state index in [2.05, 4.69) is 13.8 Å². The summed E-state index contributed by atoms with van der Waals surface area (Å²) in [5.74, 6) is -0.148. The van der Waals surface area contributed by atoms with Crippen LogP contribution in [0, 0.1) is 11.2 Å². The Morgan fingerprint density at radius 2 is 1.85 bits per heavy atom. The number of amides is 1. The second-order valence-electron chi connectivity index (χ2n) is 6.08. The molecule has 3 nitrogen and oxygen atoms in total. The summed E-state index contributed by atoms with van der Waals surface area (Å²) in [6.07, 6.45) is 2.27. The van der Waals surface area contributed by atoms with Gasteiger partial charge in [0.2, 0.25) is 5.91 Å². The third kappa shape index (κ3) is 5.70. The highest BCUT2D eigenvalue weighted by molar-refractivity contribution is 5.75. The van der Waals surface area contributed by atoms with E-state index in [0.717, 1.165) is 18.4 Å². The van der Waals surface area contributed by atoms with Crippen molar-refractivity contribution in [3.05, 3.63) is 35.6 Å². The molecule has 0 aliphatic carbocycles. The molecule has 0 radical (unpaired) electrons. The van der Waals surface area contributed by atoms with Crippen molar-refractivity contribution in [1.82, 2.24) is 4.90 Å². The van der Waals surface area contributed by atoms with E-state index in [1.54, 1.807) is 24.1 Å². The van der Waals surface area contributed by atoms with Crippen LogP contribution in [0.5, 0.6) is 0 Å². The van der Waals surface area contributed by atoms with Gasteiger partial charge in [-0.3, -0.25) is 4.79 Å². The quantitative estimate of drug-likeness (QED) is 0.834. The zero-order valence-corrected chi connectivity index (χ0v) is 12.7. The lowest BCUT2D eigenvalue weighted by molar-refractivity contribution is -0.131. The largest absolute Gasteiger partial charge is 0.341 e. The average Bonchev–Trinajstić information content (AvgIpc) is 2.38. The Labute approximate surface area is 121 Å². The summed E-state index contributed by atoms with van der Waals surface area (Å²) < 4.78 is 12.8. The van der Waals surface area contributed by atoms with Crippen molar-refractivity contribution in [2.45, 2.75) is 39.7 Å². The number of carbonyl (C=O) groups is 1. The molecule has 20 heavy (non-hydrogen) atoms. The highest BCUT2D eigenvalue weighted by Gasteiger charge is 2.19. The van der Waals surface area contributed by atoms with E-state index in [4.69, 9.17) is 5.73 Å². The monoisotopic (exact) mass is 280 g/mol. The van der Waals surface area contributed by atoms with E-state index in [9.17, 15) is 9.18 Å². The fourth-order valence-corrected chi connectivity index (χ4v) is 2.10. The van der Waals surface area contributed by atoms with Gasteiger partial charge in [-0.1, -0.05) is 26.0 Å². The van der Waals surface area contributed by atoms with Gasteiger partial charge in [0, 0.05) is 20.0 Å². The van der Waals surface area contributed by atoms with E-state index in [-0.39, 0.29) is 17.1 Å². The maximum absolute atomic E-state index is 12.8. The summed E-state index contributed by atoms with van der Waals surface area (Å²) in [6.45, 7) is 5.42. The van der Waals surface area contributed by atoms with Crippen molar-refractivity contribution in [3.8, 4) is 0 Å². The van der Waals surface area contributed by atoms with Crippen molar-refractivity contribution in [1.29, 1.82) is 0 Å². The van der Waals surface area contributed by atoms with Crippen molar-refractivity contribution in [2.75, 3.05) is 13.6 Å². The number of benzene rings is 1. The van der Waals surface area contributed by atoms with Crippen LogP contribution in [0.15, 0.2) is 24.3 Å². The van der Waals surface area contributed by atoms with Gasteiger partial charge in [-0.15, -0.1) is 0 Å². The molecule has 0 unspecified atom stereocenters. The van der Waals surface area contributed by atoms with Gasteiger partial charge in [0.05, 0.1) is 0 Å². The molecule has 0 saturated heterocycles. The van der Waals surface area contributed by atoms with E-state index in [0.29, 0.717) is 19.5 Å². The molecule has 0 bridgehead atoms. The van der Waals surface area contributed by atoms with Gasteiger partial charge in [-0.05, 0) is 42.5 Å². The van der Waals surface area contributed by atoms with Crippen LogP contribution < -0.4 is 5.73 Å². The second-order valence-corrected chi connectivity index (χ2v) is 6.08. The van der Waals surface area contributed by atoms with Crippen molar-refractivity contribution in [3.63, 3.8) is 0 Å². The second kappa shape index (κ2) is 7.39. The smallest absolute Gasteiger partial charge is 0.222 e. The fraction of sp³-hybridized carbons (Fsp3) is 0.562. The molecule has 0 heterocycles. The molecule has 0 spiro atoms. The molecule has 0 aromatic heterocycles. The summed E-state index contributed by atoms with van der Waals surface area (Å²) in [7, 11) is 1.78. The highest BCUT2D eigenvalue weighted by Crippen LogP contribution is 2.26. The van der Waals surface area contributed by atoms with Crippen LogP contribution >= 0.6 is 0 Å². The third-order valence-electron chi connectivity index (χ3n) is 3.60. The molecule has 0 atom stereocenters. The lowest BCUT2D eigenvalue weighted by Crippen LogP contribution is -2.28. The number of nitrogens with zero attached hydrogens (tertiary/aromatic N) is 1. The molecule has 0 fully saturated rings. The molecule has 1 rings (SSSR count). The van der Waals surface area contributed by atoms with E-state index in [1.165, 1.54) is 12.1 Å². The first-order chi connectivity index (χ1) is 9.34. The SMILES string of the molecule is CN(Cc1ccc(F)cc1)C(=O)CCC(C)(C)CCN. The van der Waals surface area contributed by atoms with Gasteiger partial charge in [0.15, 0.2) is 0 Å². The molecule has 1 aromatic carbocycles. The van der Waals surface area contributed by atoms with Crippen molar-refractivity contribution >= 4 is 5.91 Å². The number of carbonyl (C=O) groups excluding carboxylic acids is 1. The van der Waals surface area contributed by atoms with Crippen LogP contribution in [0.3, 0.4) is 0 Å². The normalized spacial score (nSPS) is 11.4. The molecule has 112 valence electrons. The maximum atomic E-state index is 12.8. The Bertz CT molecular complexity index is 429. The summed E-state index contributed by atoms with van der Waals surface area (Å²) in [6, 6.07) is 6.24. The molecular formula is C16H25FN2O. The zero-order chi connectivity index (χ0) is 15.2. The van der Waals surface area contributed by atoms with Crippen LogP contribution in [0.1, 0.15) is 38.7 Å². The first kappa shape index (κ1) is 16.6. The van der Waals surface area contributed by atoms with Crippen LogP contribution in [0.25, 0.3) is 0 Å². The van der Waals surface area contributed by atoms with Crippen LogP contribution in [-0.4, -0.2) is 24.4 Å². The number of halogens is 1. The minimum atomic E-state index is -0.258. The van der Waals surface area contributed by atoms with Gasteiger partial charge in [-0.25, -0.2) is 4.39 Å². The number of rotatable bonds is 7. The highest BCUT2D eigenvalue weighted by atomic mass is 19.1. The molecule has 0 saturated carbocycles. The predicted octanol–water partition coefficient (Wildman–Crippen LogP) is 2.94. The Kier molecular flexibility index (Phi) is 6.14. The molecular weight excluding hydrogens is 255 g/mol. The number of hydrogen-bond acceptors (Lipinski definition) is 2. The van der Waals surface area contributed by atoms with Gasteiger partial charge in [-0.2, -0.15) is 0 Å². The molecule has 4 heteroatoms. The summed E-state index contributed by atoms with van der Waals surface area (Å²) in [4.78, 5) is 13.8. The first-order valence-electron chi connectivity index (χ1n) is 7.02. The summed E-state index contributed by atoms with van der Waals surface area (Å²) >= 11 is 0. The summed E-state index contributed by atoms with van der Waals surface area (Å²) in [5, 5.41) is 0. The Morgan fingerprint density at radius 3 is 2.40 bits per heavy atom. The number of nitrogens with two attached hydrogens (primary N) is 1. The lowest BCUT2D eigenvalue weighted by atomic mass is 9.84. The lowest BCUT2D eigenvalue weighted by Gasteiger charge is -2.25. The minimum Gasteiger partial charge on any atom is -0.341 e. The Morgan fingerprint density at radius 1 is 1.25 bits per heavy atom. The van der Waals surface area contributed by atoms with Gasteiger partial charge in [0.25, 0.3) is 0 Å². The van der Waals surface area contributed by atoms with Crippen molar-refractivity contribution in [2.24, 2.45) is 11.1 Å². The van der Waals surface area contributed by atoms with E-state index < -0.39 is 0 Å². The molecule has 1 aromatic rings. The third-order valence-corrected chi connectivity index (χ3v) is 3.60. The summed E-state index contributed by atoms with van der Waals surface area (Å²) in [5.41, 5.74) is 6.60. The fourth-order valence-electron chi connectivity index (χ4n) is 2.10. The maximum Gasteiger partial charge on any atom is 0.222 e. The number of hydrogen-bond donors (Lipinski definition) is 1. The van der Waals surface area contributed by atoms with Crippen LogP contribution in [0.2, 0.25) is 0 Å². The van der Waals surface area contributed by atoms with Crippen LogP contribution in [0.4, 0.5) is 4.39 Å². The molecule has 0 aliphatic rings. The van der Waals surface area contributed by atoms with Gasteiger partial charge in [0.1, 0.15) is 5.82 Å². The minimum absolute atomic E-state index is 0.0983. The Hall–Kier alpha value is -1.42. The topological polar surface area (TPSA) is 46.3 Å². The zero-order valence-electron chi connectivity index (χ0n) is 12.7. The van der Waals surface area contributed by atoms with Gasteiger partial charge < -0.3 is 10.6 Å². The standard InChI is InChI=1S/C16H25FN2O/c1-16(2,10-11-18)9-8-15(20)19(3)12-13-4-6-14(17)7-5-13/h4-7H,8-12,18H2,1-3H3. The van der Waals surface area contributed by atoms with E-state index in [1.807, 2.05) is 0 Å². The van der Waals surface area contributed by atoms with Crippen LogP contribution in [-0.2, 0) is 11.3 Å². The average molecular weight is 280 g/mol. The molecule has 2 N–H and O–H groups in total.